The lowest BCUT2D eigenvalue weighted by Crippen LogP contribution is -2.51. The van der Waals surface area contributed by atoms with E-state index < -0.39 is 11.1 Å². The van der Waals surface area contributed by atoms with Gasteiger partial charge in [-0.05, 0) is 86.7 Å². The first-order valence-electron chi connectivity index (χ1n) is 13.9. The normalized spacial score (nSPS) is 18.3. The van der Waals surface area contributed by atoms with Crippen LogP contribution < -0.4 is 4.90 Å². The zero-order valence-electron chi connectivity index (χ0n) is 23.2. The number of hydrogen-bond donors (Lipinski definition) is 0. The summed E-state index contributed by atoms with van der Waals surface area (Å²) < 4.78 is 2.09. The molecule has 4 heterocycles. The monoisotopic (exact) mass is 585 g/mol. The van der Waals surface area contributed by atoms with Gasteiger partial charge in [-0.25, -0.2) is 0 Å². The zero-order chi connectivity index (χ0) is 28.7. The number of amides is 3. The van der Waals surface area contributed by atoms with Crippen LogP contribution in [0.2, 0.25) is 0 Å². The Morgan fingerprint density at radius 3 is 2.51 bits per heavy atom. The molecular weight excluding hydrogens is 555 g/mol. The van der Waals surface area contributed by atoms with Crippen LogP contribution >= 0.6 is 23.1 Å². The molecular formula is C31H31N5O3S2. The SMILES string of the molecule is Cc1cc(/C=C2/SC(=O)N(CC(=O)N3CCN(c4ccccc4)CC3)C2=O)c(C)n1-c1sc2c(c1C#N)CCCC2. The van der Waals surface area contributed by atoms with E-state index in [1.165, 1.54) is 10.4 Å². The van der Waals surface area contributed by atoms with Gasteiger partial charge in [0, 0.05) is 48.1 Å². The van der Waals surface area contributed by atoms with Crippen LogP contribution in [0.25, 0.3) is 11.1 Å². The van der Waals surface area contributed by atoms with Crippen molar-refractivity contribution in [2.75, 3.05) is 37.6 Å². The van der Waals surface area contributed by atoms with Crippen LogP contribution in [0.5, 0.6) is 0 Å². The molecule has 41 heavy (non-hydrogen) atoms. The molecule has 1 aromatic carbocycles. The molecule has 6 rings (SSSR count). The molecule has 0 atom stereocenters. The Hall–Kier alpha value is -3.81. The average Bonchev–Trinajstić information content (AvgIpc) is 3.59. The molecule has 0 saturated carbocycles. The molecule has 2 saturated heterocycles. The number of thiophene rings is 1. The number of nitrogens with zero attached hydrogens (tertiary/aromatic N) is 5. The molecule has 3 aromatic rings. The number of carbonyl (C=O) groups excluding carboxylic acids is 3. The maximum absolute atomic E-state index is 13.3. The van der Waals surface area contributed by atoms with Gasteiger partial charge in [-0.2, -0.15) is 5.26 Å². The van der Waals surface area contributed by atoms with Gasteiger partial charge in [-0.1, -0.05) is 18.2 Å². The summed E-state index contributed by atoms with van der Waals surface area (Å²) in [7, 11) is 0. The number of piperazine rings is 1. The number of aromatic nitrogens is 1. The van der Waals surface area contributed by atoms with Gasteiger partial charge in [-0.15, -0.1) is 11.3 Å². The number of aryl methyl sites for hydroxylation is 2. The van der Waals surface area contributed by atoms with E-state index in [1.54, 1.807) is 22.3 Å². The summed E-state index contributed by atoms with van der Waals surface area (Å²) in [5, 5.41) is 10.5. The molecule has 0 radical (unpaired) electrons. The summed E-state index contributed by atoms with van der Waals surface area (Å²) in [6.07, 6.45) is 5.95. The lowest BCUT2D eigenvalue weighted by Gasteiger charge is -2.36. The van der Waals surface area contributed by atoms with E-state index in [-0.39, 0.29) is 12.5 Å². The van der Waals surface area contributed by atoms with Crippen molar-refractivity contribution in [2.24, 2.45) is 0 Å². The van der Waals surface area contributed by atoms with Crippen molar-refractivity contribution in [1.82, 2.24) is 14.4 Å². The first-order valence-corrected chi connectivity index (χ1v) is 15.6. The number of nitriles is 1. The maximum atomic E-state index is 13.3. The van der Waals surface area contributed by atoms with Crippen molar-refractivity contribution in [2.45, 2.75) is 39.5 Å². The Morgan fingerprint density at radius 2 is 1.78 bits per heavy atom. The second-order valence-corrected chi connectivity index (χ2v) is 12.7. The fraction of sp³-hybridized carbons (Fsp3) is 0.355. The Labute approximate surface area is 247 Å². The van der Waals surface area contributed by atoms with Gasteiger partial charge < -0.3 is 14.4 Å². The van der Waals surface area contributed by atoms with Gasteiger partial charge in [0.2, 0.25) is 5.91 Å². The van der Waals surface area contributed by atoms with Crippen molar-refractivity contribution in [3.63, 3.8) is 0 Å². The number of benzene rings is 1. The summed E-state index contributed by atoms with van der Waals surface area (Å²) in [6, 6.07) is 14.5. The molecule has 2 fully saturated rings. The highest BCUT2D eigenvalue weighted by atomic mass is 32.2. The van der Waals surface area contributed by atoms with E-state index in [4.69, 9.17) is 0 Å². The Balaban J connectivity index is 1.16. The van der Waals surface area contributed by atoms with Crippen LogP contribution in [0, 0.1) is 25.2 Å². The Kier molecular flexibility index (Phi) is 7.49. The van der Waals surface area contributed by atoms with Gasteiger partial charge >= 0.3 is 0 Å². The third-order valence-electron chi connectivity index (χ3n) is 8.15. The fourth-order valence-electron chi connectivity index (χ4n) is 5.94. The molecule has 3 amide bonds. The molecule has 2 aliphatic heterocycles. The number of anilines is 1. The van der Waals surface area contributed by atoms with Crippen molar-refractivity contribution >= 4 is 51.9 Å². The predicted octanol–water partition coefficient (Wildman–Crippen LogP) is 5.29. The molecule has 3 aliphatic rings. The van der Waals surface area contributed by atoms with Crippen molar-refractivity contribution in [3.05, 3.63) is 74.3 Å². The topological polar surface area (TPSA) is 89.7 Å². The van der Waals surface area contributed by atoms with Gasteiger partial charge in [0.25, 0.3) is 11.1 Å². The minimum atomic E-state index is -0.439. The van der Waals surface area contributed by atoms with E-state index in [2.05, 4.69) is 27.7 Å². The van der Waals surface area contributed by atoms with Crippen LogP contribution in [0.1, 0.15) is 45.8 Å². The van der Waals surface area contributed by atoms with Crippen molar-refractivity contribution in [1.29, 1.82) is 5.26 Å². The zero-order valence-corrected chi connectivity index (χ0v) is 24.8. The highest BCUT2D eigenvalue weighted by Gasteiger charge is 2.38. The number of fused-ring (bicyclic) bond motifs is 1. The molecule has 0 spiro atoms. The standard InChI is InChI=1S/C31H31N5O3S2/c1-20-16-22(21(2)36(20)30-25(18-32)24-10-6-7-11-26(24)40-30)17-27-29(38)35(31(39)41-27)19-28(37)34-14-12-33(13-15-34)23-8-4-3-5-9-23/h3-5,8-9,16-17H,6-7,10-15,19H2,1-2H3/b27-17+. The number of para-hydroxylation sites is 1. The van der Waals surface area contributed by atoms with Crippen molar-refractivity contribution < 1.29 is 14.4 Å². The van der Waals surface area contributed by atoms with Crippen LogP contribution in [-0.4, -0.2) is 64.1 Å². The molecule has 2 aromatic heterocycles. The van der Waals surface area contributed by atoms with E-state index in [9.17, 15) is 19.6 Å². The lowest BCUT2D eigenvalue weighted by atomic mass is 9.96. The van der Waals surface area contributed by atoms with Gasteiger partial charge in [-0.3, -0.25) is 19.3 Å². The molecule has 210 valence electrons. The van der Waals surface area contributed by atoms with E-state index >= 15 is 0 Å². The Morgan fingerprint density at radius 1 is 1.05 bits per heavy atom. The molecule has 10 heteroatoms. The number of imide groups is 1. The second kappa shape index (κ2) is 11.2. The highest BCUT2D eigenvalue weighted by molar-refractivity contribution is 8.18. The molecule has 0 N–H and O–H groups in total. The smallest absolute Gasteiger partial charge is 0.294 e. The van der Waals surface area contributed by atoms with E-state index in [0.717, 1.165) is 75.5 Å². The lowest BCUT2D eigenvalue weighted by molar-refractivity contribution is -0.136. The van der Waals surface area contributed by atoms with Gasteiger partial charge in [0.15, 0.2) is 0 Å². The largest absolute Gasteiger partial charge is 0.368 e. The maximum Gasteiger partial charge on any atom is 0.294 e. The molecule has 0 bridgehead atoms. The first kappa shape index (κ1) is 27.4. The molecule has 0 unspecified atom stereocenters. The minimum Gasteiger partial charge on any atom is -0.368 e. The summed E-state index contributed by atoms with van der Waals surface area (Å²) in [5.74, 6) is -0.657. The third kappa shape index (κ3) is 5.09. The number of carbonyl (C=O) groups is 3. The van der Waals surface area contributed by atoms with Crippen LogP contribution in [0.15, 0.2) is 41.3 Å². The van der Waals surface area contributed by atoms with Crippen LogP contribution in [0.4, 0.5) is 10.5 Å². The van der Waals surface area contributed by atoms with Crippen molar-refractivity contribution in [3.8, 4) is 11.1 Å². The van der Waals surface area contributed by atoms with Gasteiger partial charge in [0.05, 0.1) is 10.5 Å². The number of thioether (sulfide) groups is 1. The summed E-state index contributed by atoms with van der Waals surface area (Å²) in [6.45, 7) is 6.21. The molecule has 1 aliphatic carbocycles. The molecule has 8 nitrogen and oxygen atoms in total. The number of rotatable bonds is 5. The highest BCUT2D eigenvalue weighted by Crippen LogP contribution is 2.39. The number of hydrogen-bond acceptors (Lipinski definition) is 7. The summed E-state index contributed by atoms with van der Waals surface area (Å²) in [5.41, 5.74) is 5.76. The quantitative estimate of drug-likeness (QED) is 0.378. The fourth-order valence-corrected chi connectivity index (χ4v) is 8.22. The van der Waals surface area contributed by atoms with E-state index in [1.807, 2.05) is 38.1 Å². The van der Waals surface area contributed by atoms with Crippen LogP contribution in [-0.2, 0) is 22.4 Å². The Bertz CT molecular complexity index is 1610. The minimum absolute atomic E-state index is 0.217. The summed E-state index contributed by atoms with van der Waals surface area (Å²) >= 11 is 2.56. The van der Waals surface area contributed by atoms with E-state index in [0.29, 0.717) is 31.1 Å². The van der Waals surface area contributed by atoms with Gasteiger partial charge in [0.1, 0.15) is 17.6 Å². The third-order valence-corrected chi connectivity index (χ3v) is 10.3. The van der Waals surface area contributed by atoms with Crippen LogP contribution in [0.3, 0.4) is 0 Å². The average molecular weight is 586 g/mol. The predicted molar refractivity (Wildman–Crippen MR) is 162 cm³/mol. The second-order valence-electron chi connectivity index (χ2n) is 10.6. The first-order chi connectivity index (χ1) is 19.9. The summed E-state index contributed by atoms with van der Waals surface area (Å²) in [4.78, 5) is 45.8.